The first-order valence-electron chi connectivity index (χ1n) is 12.0. The number of nitrogens with zero attached hydrogens (tertiary/aromatic N) is 1. The zero-order chi connectivity index (χ0) is 28.4. The highest BCUT2D eigenvalue weighted by Gasteiger charge is 2.26. The summed E-state index contributed by atoms with van der Waals surface area (Å²) in [5, 5.41) is 11.6. The van der Waals surface area contributed by atoms with Crippen LogP contribution in [0.4, 0.5) is 14.5 Å². The van der Waals surface area contributed by atoms with Crippen molar-refractivity contribution in [3.63, 3.8) is 0 Å². The summed E-state index contributed by atoms with van der Waals surface area (Å²) < 4.78 is 59.5. The van der Waals surface area contributed by atoms with Crippen LogP contribution < -0.4 is 14.8 Å². The topological polar surface area (TPSA) is 125 Å². The highest BCUT2D eigenvalue weighted by atomic mass is 32.2. The summed E-state index contributed by atoms with van der Waals surface area (Å²) in [5.41, 5.74) is 0.793. The number of halogens is 2. The average molecular weight is 562 g/mol. The van der Waals surface area contributed by atoms with Gasteiger partial charge in [0.25, 0.3) is 15.9 Å². The molecule has 0 spiro atoms. The average Bonchev–Trinajstić information content (AvgIpc) is 2.92. The molecule has 1 atom stereocenters. The molecule has 0 aromatic heterocycles. The Balaban J connectivity index is 1.67. The van der Waals surface area contributed by atoms with Crippen molar-refractivity contribution in [2.45, 2.75) is 30.8 Å². The number of nitrogens with one attached hydrogen (secondary N) is 2. The largest absolute Gasteiger partial charge is 0.484 e. The van der Waals surface area contributed by atoms with Gasteiger partial charge in [0, 0.05) is 25.4 Å². The van der Waals surface area contributed by atoms with Crippen LogP contribution in [0.15, 0.2) is 77.7 Å². The lowest BCUT2D eigenvalue weighted by atomic mass is 10.1. The van der Waals surface area contributed by atoms with Gasteiger partial charge < -0.3 is 20.1 Å². The Labute approximate surface area is 225 Å². The van der Waals surface area contributed by atoms with Gasteiger partial charge in [0.2, 0.25) is 5.91 Å². The van der Waals surface area contributed by atoms with E-state index in [-0.39, 0.29) is 36.0 Å². The lowest BCUT2D eigenvalue weighted by molar-refractivity contribution is -0.142. The highest BCUT2D eigenvalue weighted by Crippen LogP contribution is 2.20. The standard InChI is InChI=1S/C27H29F2N3O6S/c1-19(27(35)30-15-2-16-33)32(17-20-3-5-21(28)6-4-20)26(34)18-38-24-11-13-25(14-12-24)39(36,37)31-23-9-7-22(29)8-10-23/h3-14,19,31,33H,2,15-18H2,1H3,(H,30,35). The van der Waals surface area contributed by atoms with Crippen LogP contribution in [-0.2, 0) is 26.2 Å². The van der Waals surface area contributed by atoms with Crippen molar-refractivity contribution in [1.29, 1.82) is 0 Å². The lowest BCUT2D eigenvalue weighted by Crippen LogP contribution is -2.49. The number of hydrogen-bond donors (Lipinski definition) is 3. The quantitative estimate of drug-likeness (QED) is 0.276. The van der Waals surface area contributed by atoms with Crippen molar-refractivity contribution in [1.82, 2.24) is 10.2 Å². The van der Waals surface area contributed by atoms with E-state index in [9.17, 15) is 26.8 Å². The minimum Gasteiger partial charge on any atom is -0.484 e. The predicted octanol–water partition coefficient (Wildman–Crippen LogP) is 3.06. The Morgan fingerprint density at radius 2 is 1.54 bits per heavy atom. The molecule has 3 aromatic carbocycles. The van der Waals surface area contributed by atoms with Gasteiger partial charge in [0.15, 0.2) is 6.61 Å². The molecule has 0 aliphatic rings. The Hall–Kier alpha value is -4.03. The number of aliphatic hydroxyl groups is 1. The number of amides is 2. The van der Waals surface area contributed by atoms with Gasteiger partial charge in [0.1, 0.15) is 23.4 Å². The molecule has 12 heteroatoms. The molecule has 3 rings (SSSR count). The monoisotopic (exact) mass is 561 g/mol. The molecule has 9 nitrogen and oxygen atoms in total. The molecule has 0 radical (unpaired) electrons. The molecule has 0 heterocycles. The van der Waals surface area contributed by atoms with Crippen LogP contribution >= 0.6 is 0 Å². The summed E-state index contributed by atoms with van der Waals surface area (Å²) in [6, 6.07) is 14.8. The summed E-state index contributed by atoms with van der Waals surface area (Å²) in [5.74, 6) is -1.68. The molecule has 208 valence electrons. The van der Waals surface area contributed by atoms with Gasteiger partial charge in [-0.2, -0.15) is 0 Å². The van der Waals surface area contributed by atoms with Crippen LogP contribution in [0.25, 0.3) is 0 Å². The first kappa shape index (κ1) is 29.5. The van der Waals surface area contributed by atoms with Gasteiger partial charge >= 0.3 is 0 Å². The van der Waals surface area contributed by atoms with Gasteiger partial charge in [-0.05, 0) is 79.6 Å². The zero-order valence-electron chi connectivity index (χ0n) is 21.1. The number of ether oxygens (including phenoxy) is 1. The molecule has 0 saturated heterocycles. The number of aliphatic hydroxyl groups excluding tert-OH is 1. The van der Waals surface area contributed by atoms with E-state index < -0.39 is 46.1 Å². The zero-order valence-corrected chi connectivity index (χ0v) is 22.0. The normalized spacial score (nSPS) is 11.9. The van der Waals surface area contributed by atoms with Crippen molar-refractivity contribution in [3.05, 3.63) is 90.0 Å². The fourth-order valence-electron chi connectivity index (χ4n) is 3.48. The number of carbonyl (C=O) groups is 2. The molecular weight excluding hydrogens is 532 g/mol. The maximum atomic E-state index is 13.3. The molecule has 3 aromatic rings. The minimum atomic E-state index is -3.95. The molecule has 0 aliphatic carbocycles. The second-order valence-electron chi connectivity index (χ2n) is 8.56. The summed E-state index contributed by atoms with van der Waals surface area (Å²) >= 11 is 0. The minimum absolute atomic E-state index is 0.0172. The Bertz CT molecular complexity index is 1350. The molecule has 0 aliphatic heterocycles. The molecule has 1 unspecified atom stereocenters. The van der Waals surface area contributed by atoms with Crippen LogP contribution in [-0.4, -0.2) is 56.0 Å². The van der Waals surface area contributed by atoms with Gasteiger partial charge in [0.05, 0.1) is 4.90 Å². The molecule has 0 bridgehead atoms. The van der Waals surface area contributed by atoms with E-state index in [1.165, 1.54) is 65.6 Å². The molecule has 3 N–H and O–H groups in total. The lowest BCUT2D eigenvalue weighted by Gasteiger charge is -2.28. The third-order valence-electron chi connectivity index (χ3n) is 5.66. The van der Waals surface area contributed by atoms with E-state index in [0.29, 0.717) is 12.0 Å². The third-order valence-corrected chi connectivity index (χ3v) is 7.06. The first-order chi connectivity index (χ1) is 18.6. The van der Waals surface area contributed by atoms with Gasteiger partial charge in [-0.15, -0.1) is 0 Å². The molecule has 0 saturated carbocycles. The maximum absolute atomic E-state index is 13.3. The molecular formula is C27H29F2N3O6S. The van der Waals surface area contributed by atoms with Crippen molar-refractivity contribution in [2.75, 3.05) is 24.5 Å². The van der Waals surface area contributed by atoms with E-state index in [1.54, 1.807) is 6.92 Å². The molecule has 0 fully saturated rings. The van der Waals surface area contributed by atoms with Crippen molar-refractivity contribution >= 4 is 27.5 Å². The van der Waals surface area contributed by atoms with Crippen LogP contribution in [0.5, 0.6) is 5.75 Å². The Morgan fingerprint density at radius 3 is 2.13 bits per heavy atom. The van der Waals surface area contributed by atoms with Crippen LogP contribution in [0.1, 0.15) is 18.9 Å². The number of anilines is 1. The number of sulfonamides is 1. The summed E-state index contributed by atoms with van der Waals surface area (Å²) in [6.45, 7) is 1.26. The van der Waals surface area contributed by atoms with Gasteiger partial charge in [-0.3, -0.25) is 14.3 Å². The van der Waals surface area contributed by atoms with E-state index in [0.717, 1.165) is 12.1 Å². The van der Waals surface area contributed by atoms with Crippen molar-refractivity contribution < 1.29 is 36.6 Å². The van der Waals surface area contributed by atoms with Gasteiger partial charge in [-0.25, -0.2) is 17.2 Å². The van der Waals surface area contributed by atoms with Crippen LogP contribution in [0, 0.1) is 11.6 Å². The Kier molecular flexibility index (Phi) is 10.4. The van der Waals surface area contributed by atoms with E-state index in [2.05, 4.69) is 10.0 Å². The highest BCUT2D eigenvalue weighted by molar-refractivity contribution is 7.92. The van der Waals surface area contributed by atoms with Crippen LogP contribution in [0.3, 0.4) is 0 Å². The van der Waals surface area contributed by atoms with Crippen molar-refractivity contribution in [2.24, 2.45) is 0 Å². The van der Waals surface area contributed by atoms with Crippen LogP contribution in [0.2, 0.25) is 0 Å². The fraction of sp³-hybridized carbons (Fsp3) is 0.259. The van der Waals surface area contributed by atoms with E-state index in [4.69, 9.17) is 9.84 Å². The summed E-state index contributed by atoms with van der Waals surface area (Å²) in [6.07, 6.45) is 0.360. The number of carbonyl (C=O) groups excluding carboxylic acids is 2. The predicted molar refractivity (Wildman–Crippen MR) is 140 cm³/mol. The maximum Gasteiger partial charge on any atom is 0.261 e. The van der Waals surface area contributed by atoms with E-state index in [1.807, 2.05) is 0 Å². The number of hydrogen-bond acceptors (Lipinski definition) is 6. The number of rotatable bonds is 13. The summed E-state index contributed by atoms with van der Waals surface area (Å²) in [7, 11) is -3.95. The fourth-order valence-corrected chi connectivity index (χ4v) is 4.54. The number of benzene rings is 3. The second-order valence-corrected chi connectivity index (χ2v) is 10.2. The summed E-state index contributed by atoms with van der Waals surface area (Å²) in [4.78, 5) is 26.9. The smallest absolute Gasteiger partial charge is 0.261 e. The third kappa shape index (κ3) is 8.76. The molecule has 2 amide bonds. The van der Waals surface area contributed by atoms with E-state index >= 15 is 0 Å². The first-order valence-corrected chi connectivity index (χ1v) is 13.5. The molecule has 39 heavy (non-hydrogen) atoms. The van der Waals surface area contributed by atoms with Gasteiger partial charge in [-0.1, -0.05) is 12.1 Å². The van der Waals surface area contributed by atoms with Crippen molar-refractivity contribution in [3.8, 4) is 5.75 Å². The Morgan fingerprint density at radius 1 is 0.949 bits per heavy atom. The SMILES string of the molecule is CC(C(=O)NCCCO)N(Cc1ccc(F)cc1)C(=O)COc1ccc(S(=O)(=O)Nc2ccc(F)cc2)cc1. The second kappa shape index (κ2) is 13.7.